The number of carboxylic acids is 1. The molecule has 36 heavy (non-hydrogen) atoms. The average Bonchev–Trinajstić information content (AvgIpc) is 2.89. The number of rotatable bonds is 12. The van der Waals surface area contributed by atoms with Crippen LogP contribution in [0.25, 0.3) is 16.3 Å². The molecule has 0 aromatic heterocycles. The molecule has 3 rings (SSSR count). The summed E-state index contributed by atoms with van der Waals surface area (Å²) < 4.78 is 19.6. The second-order valence-corrected chi connectivity index (χ2v) is 8.91. The smallest absolute Gasteiger partial charge is 0.303 e. The van der Waals surface area contributed by atoms with E-state index >= 15 is 0 Å². The van der Waals surface area contributed by atoms with E-state index in [0.29, 0.717) is 17.6 Å². The van der Waals surface area contributed by atoms with Gasteiger partial charge in [0.1, 0.15) is 12.4 Å². The van der Waals surface area contributed by atoms with Crippen LogP contribution in [0.3, 0.4) is 0 Å². The van der Waals surface area contributed by atoms with Crippen molar-refractivity contribution in [1.29, 1.82) is 0 Å². The van der Waals surface area contributed by atoms with Gasteiger partial charge in [-0.15, -0.1) is 0 Å². The van der Waals surface area contributed by atoms with E-state index in [9.17, 15) is 9.18 Å². The van der Waals surface area contributed by atoms with Crippen molar-refractivity contribution in [2.45, 2.75) is 38.8 Å². The Balaban J connectivity index is 1.89. The van der Waals surface area contributed by atoms with Crippen LogP contribution < -0.4 is 10.1 Å². The number of benzene rings is 3. The zero-order chi connectivity index (χ0) is 26.1. The molecule has 0 amide bonds. The zero-order valence-corrected chi connectivity index (χ0v) is 21.1. The lowest BCUT2D eigenvalue weighted by atomic mass is 9.93. The van der Waals surface area contributed by atoms with Gasteiger partial charge in [0.2, 0.25) is 0 Å². The number of hydrogen-bond donors (Lipinski definition) is 2. The Kier molecular flexibility index (Phi) is 9.60. The monoisotopic (exact) mass is 487 g/mol. The molecule has 3 aromatic rings. The van der Waals surface area contributed by atoms with Gasteiger partial charge in [-0.1, -0.05) is 66.8 Å². The number of fused-ring (bicyclic) bond motifs is 1. The number of allylic oxidation sites excluding steroid dienone is 5. The zero-order valence-electron chi connectivity index (χ0n) is 21.1. The minimum Gasteiger partial charge on any atom is -0.497 e. The van der Waals surface area contributed by atoms with E-state index in [2.05, 4.69) is 43.9 Å². The Morgan fingerprint density at radius 2 is 1.81 bits per heavy atom. The van der Waals surface area contributed by atoms with Gasteiger partial charge in [-0.3, -0.25) is 4.79 Å². The second kappa shape index (κ2) is 12.8. The van der Waals surface area contributed by atoms with Gasteiger partial charge in [0.05, 0.1) is 7.11 Å². The normalized spacial score (nSPS) is 13.6. The maximum atomic E-state index is 14.3. The Hall–Kier alpha value is -3.70. The number of nitrogens with one attached hydrogen (secondary N) is 1. The average molecular weight is 488 g/mol. The summed E-state index contributed by atoms with van der Waals surface area (Å²) in [6, 6.07) is 20.3. The molecule has 188 valence electrons. The van der Waals surface area contributed by atoms with Crippen LogP contribution in [0.2, 0.25) is 0 Å². The molecule has 4 nitrogen and oxygen atoms in total. The molecule has 0 spiro atoms. The summed E-state index contributed by atoms with van der Waals surface area (Å²) in [6.07, 6.45) is 5.61. The standard InChI is InChI=1S/C31H34FNO3/c1-21(15-16-31(34)35)9-7-12-26(20-32)30-19-27(17-25-10-5-6-14-29(25)30)23(3)33-22(2)24-11-8-13-28(18-24)36-4/h5-14,17-19,22-23,33H,1,15-16,20H2,2-4H3,(H,34,35)/b9-7-,26-12+/t22-,23?/m1/s1. The Morgan fingerprint density at radius 1 is 1.06 bits per heavy atom. The minimum atomic E-state index is -0.865. The van der Waals surface area contributed by atoms with Crippen molar-refractivity contribution in [1.82, 2.24) is 5.32 Å². The third-order valence-corrected chi connectivity index (χ3v) is 6.26. The maximum Gasteiger partial charge on any atom is 0.303 e. The fourth-order valence-electron chi connectivity index (χ4n) is 4.19. The largest absolute Gasteiger partial charge is 0.497 e. The second-order valence-electron chi connectivity index (χ2n) is 8.91. The first kappa shape index (κ1) is 26.9. The topological polar surface area (TPSA) is 58.6 Å². The van der Waals surface area contributed by atoms with Crippen LogP contribution in [0.5, 0.6) is 5.75 Å². The van der Waals surface area contributed by atoms with Crippen molar-refractivity contribution in [2.24, 2.45) is 0 Å². The van der Waals surface area contributed by atoms with Crippen LogP contribution in [0.4, 0.5) is 4.39 Å². The van der Waals surface area contributed by atoms with Gasteiger partial charge in [0, 0.05) is 18.5 Å². The molecule has 0 saturated heterocycles. The third kappa shape index (κ3) is 7.15. The lowest BCUT2D eigenvalue weighted by molar-refractivity contribution is -0.136. The van der Waals surface area contributed by atoms with Gasteiger partial charge in [0.25, 0.3) is 0 Å². The highest BCUT2D eigenvalue weighted by Crippen LogP contribution is 2.31. The van der Waals surface area contributed by atoms with E-state index in [1.807, 2.05) is 42.5 Å². The van der Waals surface area contributed by atoms with Gasteiger partial charge in [-0.25, -0.2) is 4.39 Å². The number of carboxylic acid groups (broad SMARTS) is 1. The number of methoxy groups -OCH3 is 1. The Labute approximate surface area is 212 Å². The molecule has 0 heterocycles. The van der Waals surface area contributed by atoms with E-state index in [0.717, 1.165) is 33.2 Å². The van der Waals surface area contributed by atoms with Crippen LogP contribution in [0.1, 0.15) is 55.5 Å². The molecule has 5 heteroatoms. The summed E-state index contributed by atoms with van der Waals surface area (Å²) in [5.41, 5.74) is 4.28. The van der Waals surface area contributed by atoms with Crippen molar-refractivity contribution in [2.75, 3.05) is 13.8 Å². The highest BCUT2D eigenvalue weighted by Gasteiger charge is 2.15. The highest BCUT2D eigenvalue weighted by atomic mass is 19.1. The van der Waals surface area contributed by atoms with Gasteiger partial charge in [0.15, 0.2) is 0 Å². The minimum absolute atomic E-state index is 0.0155. The number of ether oxygens (including phenoxy) is 1. The predicted molar refractivity (Wildman–Crippen MR) is 146 cm³/mol. The molecular weight excluding hydrogens is 453 g/mol. The molecule has 0 aliphatic carbocycles. The number of alkyl halides is 1. The summed E-state index contributed by atoms with van der Waals surface area (Å²) in [6.45, 7) is 7.48. The highest BCUT2D eigenvalue weighted by molar-refractivity contribution is 5.95. The van der Waals surface area contributed by atoms with Crippen molar-refractivity contribution < 1.29 is 19.0 Å². The van der Waals surface area contributed by atoms with Gasteiger partial charge in [-0.2, -0.15) is 0 Å². The predicted octanol–water partition coefficient (Wildman–Crippen LogP) is 7.59. The van der Waals surface area contributed by atoms with E-state index in [1.165, 1.54) is 0 Å². The molecule has 0 bridgehead atoms. The van der Waals surface area contributed by atoms with E-state index in [-0.39, 0.29) is 18.5 Å². The van der Waals surface area contributed by atoms with E-state index < -0.39 is 12.6 Å². The van der Waals surface area contributed by atoms with Crippen LogP contribution >= 0.6 is 0 Å². The quantitative estimate of drug-likeness (QED) is 0.258. The van der Waals surface area contributed by atoms with E-state index in [4.69, 9.17) is 9.84 Å². The Bertz CT molecular complexity index is 1280. The van der Waals surface area contributed by atoms with Gasteiger partial charge in [-0.05, 0) is 77.6 Å². The molecule has 2 N–H and O–H groups in total. The van der Waals surface area contributed by atoms with Crippen LogP contribution in [-0.4, -0.2) is 24.9 Å². The number of hydrogen-bond acceptors (Lipinski definition) is 3. The van der Waals surface area contributed by atoms with Crippen LogP contribution in [0.15, 0.2) is 91.0 Å². The molecule has 0 radical (unpaired) electrons. The van der Waals surface area contributed by atoms with Crippen molar-refractivity contribution in [3.63, 3.8) is 0 Å². The molecule has 0 aliphatic rings. The lowest BCUT2D eigenvalue weighted by Gasteiger charge is -2.23. The summed E-state index contributed by atoms with van der Waals surface area (Å²) in [4.78, 5) is 10.8. The first-order chi connectivity index (χ1) is 17.3. The lowest BCUT2D eigenvalue weighted by Crippen LogP contribution is -2.22. The molecule has 0 saturated carbocycles. The van der Waals surface area contributed by atoms with Crippen molar-refractivity contribution >= 4 is 22.3 Å². The summed E-state index contributed by atoms with van der Waals surface area (Å²) in [7, 11) is 1.66. The molecule has 2 atom stereocenters. The number of halogens is 1. The fraction of sp³-hybridized carbons (Fsp3) is 0.258. The Morgan fingerprint density at radius 3 is 2.53 bits per heavy atom. The molecule has 1 unspecified atom stereocenters. The third-order valence-electron chi connectivity index (χ3n) is 6.26. The summed E-state index contributed by atoms with van der Waals surface area (Å²) in [5, 5.41) is 14.5. The fourth-order valence-corrected chi connectivity index (χ4v) is 4.19. The van der Waals surface area contributed by atoms with Gasteiger partial charge >= 0.3 is 5.97 Å². The van der Waals surface area contributed by atoms with E-state index in [1.54, 1.807) is 25.3 Å². The number of carbonyl (C=O) groups is 1. The maximum absolute atomic E-state index is 14.3. The molecule has 0 aliphatic heterocycles. The molecular formula is C31H34FNO3. The summed E-state index contributed by atoms with van der Waals surface area (Å²) in [5.74, 6) is -0.0468. The van der Waals surface area contributed by atoms with Crippen molar-refractivity contribution in [3.8, 4) is 5.75 Å². The van der Waals surface area contributed by atoms with Crippen LogP contribution in [0, 0.1) is 0 Å². The van der Waals surface area contributed by atoms with Gasteiger partial charge < -0.3 is 15.2 Å². The number of aliphatic carboxylic acids is 1. The van der Waals surface area contributed by atoms with Crippen molar-refractivity contribution in [3.05, 3.63) is 108 Å². The first-order valence-electron chi connectivity index (χ1n) is 12.1. The summed E-state index contributed by atoms with van der Waals surface area (Å²) >= 11 is 0. The molecule has 3 aromatic carbocycles. The first-order valence-corrected chi connectivity index (χ1v) is 12.1. The SMILES string of the molecule is C=C(/C=C\C=C(/CF)c1cc(C(C)N[C@H](C)c2cccc(OC)c2)cc2ccccc12)CCC(=O)O. The molecule has 0 fully saturated rings. The van der Waals surface area contributed by atoms with Crippen LogP contribution in [-0.2, 0) is 4.79 Å².